The summed E-state index contributed by atoms with van der Waals surface area (Å²) < 4.78 is -0.635. The van der Waals surface area contributed by atoms with E-state index in [-0.39, 0.29) is 18.4 Å². The normalized spacial score (nSPS) is 23.7. The van der Waals surface area contributed by atoms with Gasteiger partial charge in [-0.3, -0.25) is 4.79 Å². The average Bonchev–Trinajstić information content (AvgIpc) is 3.11. The number of nitrogens with zero attached hydrogens (tertiary/aromatic N) is 1. The van der Waals surface area contributed by atoms with Crippen LogP contribution in [0.15, 0.2) is 60.7 Å². The highest BCUT2D eigenvalue weighted by Crippen LogP contribution is 2.37. The second-order valence-electron chi connectivity index (χ2n) is 7.22. The van der Waals surface area contributed by atoms with Crippen molar-refractivity contribution in [1.82, 2.24) is 0 Å². The number of alkyl halides is 1. The molecule has 3 rings (SSSR count). The van der Waals surface area contributed by atoms with Gasteiger partial charge in [-0.25, -0.2) is 4.79 Å². The van der Waals surface area contributed by atoms with Crippen LogP contribution in [0.4, 0.5) is 4.79 Å². The lowest BCUT2D eigenvalue weighted by molar-refractivity contribution is -0.793. The fourth-order valence-corrected chi connectivity index (χ4v) is 4.84. The minimum atomic E-state index is -1.15. The molecule has 2 aromatic carbocycles. The number of benzene rings is 2. The topological polar surface area (TPSA) is 71.4 Å². The highest BCUT2D eigenvalue weighted by atomic mass is 79.9. The lowest BCUT2D eigenvalue weighted by Gasteiger charge is -2.34. The number of rotatable bonds is 5. The Bertz CT molecular complexity index is 871. The highest BCUT2D eigenvalue weighted by Gasteiger charge is 2.57. The van der Waals surface area contributed by atoms with E-state index in [0.717, 1.165) is 0 Å². The Labute approximate surface area is 172 Å². The van der Waals surface area contributed by atoms with Gasteiger partial charge in [0.1, 0.15) is 12.0 Å². The van der Waals surface area contributed by atoms with Gasteiger partial charge < -0.3 is 5.11 Å². The molecule has 4 atom stereocenters. The van der Waals surface area contributed by atoms with Gasteiger partial charge in [0, 0.05) is 18.4 Å². The number of carbonyl (C=O) groups excluding carboxylic acids is 2. The molecule has 1 aliphatic heterocycles. The third-order valence-corrected chi connectivity index (χ3v) is 6.59. The summed E-state index contributed by atoms with van der Waals surface area (Å²) in [4.78, 5) is 38.2. The number of halogens is 1. The molecule has 0 spiro atoms. The van der Waals surface area contributed by atoms with Crippen molar-refractivity contribution in [1.29, 1.82) is 0 Å². The number of Topliss-reactive ketones (excluding diaryl/α,β-unsaturated/α-hetero) is 1. The van der Waals surface area contributed by atoms with E-state index in [9.17, 15) is 19.5 Å². The van der Waals surface area contributed by atoms with Gasteiger partial charge >= 0.3 is 12.0 Å². The molecule has 3 unspecified atom stereocenters. The average molecular weight is 445 g/mol. The van der Waals surface area contributed by atoms with Gasteiger partial charge in [-0.05, 0) is 12.5 Å². The fraction of sp³-hybridized carbons (Fsp3) is 0.318. The molecular formula is C22H23BrNO4+. The van der Waals surface area contributed by atoms with Crippen LogP contribution >= 0.6 is 15.9 Å². The number of imide groups is 1. The quantitative estimate of drug-likeness (QED) is 0.414. The minimum absolute atomic E-state index is 0.238. The van der Waals surface area contributed by atoms with Gasteiger partial charge in [0.2, 0.25) is 0 Å². The highest BCUT2D eigenvalue weighted by molar-refractivity contribution is 9.10. The number of carboxylic acid groups (broad SMARTS) is 1. The monoisotopic (exact) mass is 444 g/mol. The third-order valence-electron chi connectivity index (χ3n) is 5.65. The number of hydrogen-bond acceptors (Lipinski definition) is 3. The maximum Gasteiger partial charge on any atom is 0.521 e. The molecule has 0 radical (unpaired) electrons. The predicted octanol–water partition coefficient (Wildman–Crippen LogP) is 4.62. The van der Waals surface area contributed by atoms with Crippen LogP contribution in [0.2, 0.25) is 0 Å². The first-order chi connectivity index (χ1) is 13.4. The number of quaternary nitrogens is 1. The van der Waals surface area contributed by atoms with Crippen LogP contribution in [0.25, 0.3) is 0 Å². The van der Waals surface area contributed by atoms with E-state index < -0.39 is 27.2 Å². The van der Waals surface area contributed by atoms with Crippen LogP contribution < -0.4 is 0 Å². The van der Waals surface area contributed by atoms with E-state index >= 15 is 0 Å². The molecule has 2 aromatic rings. The van der Waals surface area contributed by atoms with Crippen LogP contribution in [0.3, 0.4) is 0 Å². The van der Waals surface area contributed by atoms with Crippen LogP contribution in [-0.2, 0) is 4.79 Å². The molecule has 28 heavy (non-hydrogen) atoms. The summed E-state index contributed by atoms with van der Waals surface area (Å²) in [7, 11) is 0. The Kier molecular flexibility index (Phi) is 6.10. The van der Waals surface area contributed by atoms with Gasteiger partial charge in [-0.2, -0.15) is 9.28 Å². The van der Waals surface area contributed by atoms with E-state index in [0.29, 0.717) is 24.0 Å². The molecule has 2 amide bonds. The Hall–Kier alpha value is -2.31. The van der Waals surface area contributed by atoms with Crippen LogP contribution in [0, 0.1) is 0 Å². The van der Waals surface area contributed by atoms with Crippen molar-refractivity contribution in [3.05, 3.63) is 71.8 Å². The molecule has 1 saturated heterocycles. The third kappa shape index (κ3) is 3.54. The first-order valence-corrected chi connectivity index (χ1v) is 10.2. The van der Waals surface area contributed by atoms with Crippen LogP contribution in [-0.4, -0.2) is 44.8 Å². The Morgan fingerprint density at radius 1 is 1.04 bits per heavy atom. The zero-order chi connectivity index (χ0) is 20.3. The van der Waals surface area contributed by atoms with Crippen molar-refractivity contribution in [2.45, 2.75) is 36.6 Å². The summed E-state index contributed by atoms with van der Waals surface area (Å²) in [6.07, 6.45) is 0.183. The van der Waals surface area contributed by atoms with Crippen LogP contribution in [0.5, 0.6) is 0 Å². The number of likely N-dealkylation sites (tertiary alicyclic amines) is 1. The van der Waals surface area contributed by atoms with Crippen LogP contribution in [0.1, 0.15) is 41.6 Å². The van der Waals surface area contributed by atoms with Crippen molar-refractivity contribution < 1.29 is 24.0 Å². The molecule has 1 heterocycles. The maximum absolute atomic E-state index is 13.7. The summed E-state index contributed by atoms with van der Waals surface area (Å²) >= 11 is 3.45. The zero-order valence-electron chi connectivity index (χ0n) is 15.6. The van der Waals surface area contributed by atoms with Crippen molar-refractivity contribution in [2.24, 2.45) is 0 Å². The van der Waals surface area contributed by atoms with E-state index in [1.165, 1.54) is 0 Å². The van der Waals surface area contributed by atoms with E-state index in [2.05, 4.69) is 15.9 Å². The summed E-state index contributed by atoms with van der Waals surface area (Å²) in [6, 6.07) is 17.4. The maximum atomic E-state index is 13.7. The molecule has 1 aliphatic rings. The second-order valence-corrected chi connectivity index (χ2v) is 8.21. The summed E-state index contributed by atoms with van der Waals surface area (Å²) in [5.74, 6) is -1.58. The molecule has 0 saturated carbocycles. The molecule has 0 bridgehead atoms. The SMILES string of the molecule is C[C@@H]1CCC[N+]1(C(=O)O)C(=O)C(c1ccccc1)C(Br)C(=O)c1ccccc1. The van der Waals surface area contributed by atoms with Gasteiger partial charge in [0.25, 0.3) is 0 Å². The smallest absolute Gasteiger partial charge is 0.435 e. The van der Waals surface area contributed by atoms with E-state index in [4.69, 9.17) is 0 Å². The largest absolute Gasteiger partial charge is 0.521 e. The molecule has 5 nitrogen and oxygen atoms in total. The van der Waals surface area contributed by atoms with E-state index in [1.807, 2.05) is 12.1 Å². The van der Waals surface area contributed by atoms with Crippen molar-refractivity contribution in [3.8, 4) is 0 Å². The molecule has 0 aromatic heterocycles. The van der Waals surface area contributed by atoms with Gasteiger partial charge in [0.05, 0.1) is 11.4 Å². The van der Waals surface area contributed by atoms with Crippen molar-refractivity contribution >= 4 is 33.7 Å². The standard InChI is InChI=1S/C22H22BrNO4/c1-15-9-8-14-24(15,22(27)28)21(26)18(16-10-4-2-5-11-16)19(23)20(25)17-12-6-3-7-13-17/h2-7,10-13,15,18-19H,8-9,14H2,1H3/p+1/t15-,18?,19?,24?/m1/s1. The first-order valence-electron chi connectivity index (χ1n) is 9.33. The van der Waals surface area contributed by atoms with Gasteiger partial charge in [-0.1, -0.05) is 76.6 Å². The summed E-state index contributed by atoms with van der Waals surface area (Å²) in [5.41, 5.74) is 1.12. The molecule has 0 aliphatic carbocycles. The predicted molar refractivity (Wildman–Crippen MR) is 110 cm³/mol. The number of hydrogen-bond donors (Lipinski definition) is 1. The lowest BCUT2D eigenvalue weighted by Crippen LogP contribution is -2.61. The second kappa shape index (κ2) is 8.37. The van der Waals surface area contributed by atoms with Gasteiger partial charge in [-0.15, -0.1) is 0 Å². The van der Waals surface area contributed by atoms with Crippen molar-refractivity contribution in [3.63, 3.8) is 0 Å². The molecular weight excluding hydrogens is 422 g/mol. The molecule has 6 heteroatoms. The number of ketones is 1. The number of amides is 2. The summed E-state index contributed by atoms with van der Waals surface area (Å²) in [5, 5.41) is 9.99. The molecule has 1 N–H and O–H groups in total. The molecule has 146 valence electrons. The van der Waals surface area contributed by atoms with Gasteiger partial charge in [0.15, 0.2) is 5.78 Å². The van der Waals surface area contributed by atoms with E-state index in [1.54, 1.807) is 55.5 Å². The van der Waals surface area contributed by atoms with Crippen molar-refractivity contribution in [2.75, 3.05) is 6.54 Å². The zero-order valence-corrected chi connectivity index (χ0v) is 17.2. The Morgan fingerprint density at radius 3 is 2.11 bits per heavy atom. The first kappa shape index (κ1) is 20.4. The lowest BCUT2D eigenvalue weighted by atomic mass is 9.89. The Morgan fingerprint density at radius 2 is 1.61 bits per heavy atom. The number of carbonyl (C=O) groups is 3. The summed E-state index contributed by atoms with van der Waals surface area (Å²) in [6.45, 7) is 2.04. The molecule has 1 fully saturated rings. The Balaban J connectivity index is 2.06. The fourth-order valence-electron chi connectivity index (χ4n) is 4.04. The minimum Gasteiger partial charge on any atom is -0.435 e.